The van der Waals surface area contributed by atoms with Crippen LogP contribution in [0.1, 0.15) is 18.4 Å². The van der Waals surface area contributed by atoms with Crippen molar-refractivity contribution in [3.63, 3.8) is 0 Å². The maximum Gasteiger partial charge on any atom is 0.323 e. The Bertz CT molecular complexity index is 899. The highest BCUT2D eigenvalue weighted by Gasteiger charge is 2.24. The van der Waals surface area contributed by atoms with Crippen LogP contribution in [-0.4, -0.2) is 67.3 Å². The molecule has 1 aromatic carbocycles. The minimum atomic E-state index is -0.127. The Labute approximate surface area is 165 Å². The molecule has 1 aromatic heterocycles. The smallest absolute Gasteiger partial charge is 0.323 e. The van der Waals surface area contributed by atoms with Gasteiger partial charge in [0, 0.05) is 49.7 Å². The Morgan fingerprint density at radius 2 is 2.07 bits per heavy atom. The fourth-order valence-electron chi connectivity index (χ4n) is 3.49. The van der Waals surface area contributed by atoms with E-state index >= 15 is 0 Å². The van der Waals surface area contributed by atoms with Crippen LogP contribution in [0.3, 0.4) is 0 Å². The summed E-state index contributed by atoms with van der Waals surface area (Å²) in [7, 11) is 5.68. The van der Waals surface area contributed by atoms with Crippen molar-refractivity contribution in [3.8, 4) is 0 Å². The zero-order valence-electron chi connectivity index (χ0n) is 16.7. The molecule has 148 valence electrons. The van der Waals surface area contributed by atoms with Crippen molar-refractivity contribution in [2.24, 2.45) is 10.7 Å². The van der Waals surface area contributed by atoms with Gasteiger partial charge in [-0.3, -0.25) is 10.3 Å². The van der Waals surface area contributed by atoms with Gasteiger partial charge in [-0.05, 0) is 56.1 Å². The first kappa shape index (κ1) is 19.8. The largest absolute Gasteiger partial charge is 0.404 e. The molecular weight excluding hydrogens is 352 g/mol. The number of hydrogen-bond donors (Lipinski definition) is 2. The first-order valence-corrected chi connectivity index (χ1v) is 9.48. The molecule has 0 spiro atoms. The van der Waals surface area contributed by atoms with Gasteiger partial charge in [-0.1, -0.05) is 12.1 Å². The summed E-state index contributed by atoms with van der Waals surface area (Å²) in [5.74, 6) is 0.539. The average Bonchev–Trinajstić information content (AvgIpc) is 2.71. The second kappa shape index (κ2) is 8.84. The van der Waals surface area contributed by atoms with Gasteiger partial charge >= 0.3 is 6.03 Å². The number of carbonyl (C=O) groups is 1. The number of nitrogens with one attached hydrogen (secondary N) is 1. The van der Waals surface area contributed by atoms with E-state index in [2.05, 4.69) is 27.2 Å². The predicted molar refractivity (Wildman–Crippen MR) is 116 cm³/mol. The van der Waals surface area contributed by atoms with Crippen LogP contribution < -0.4 is 11.1 Å². The minimum Gasteiger partial charge on any atom is -0.404 e. The average molecular weight is 380 g/mol. The van der Waals surface area contributed by atoms with E-state index in [1.54, 1.807) is 24.4 Å². The van der Waals surface area contributed by atoms with Crippen molar-refractivity contribution < 1.29 is 4.79 Å². The Balaban J connectivity index is 1.76. The van der Waals surface area contributed by atoms with E-state index in [9.17, 15) is 4.79 Å². The molecule has 1 aliphatic rings. The van der Waals surface area contributed by atoms with E-state index in [4.69, 9.17) is 5.73 Å². The van der Waals surface area contributed by atoms with E-state index in [0.29, 0.717) is 5.82 Å². The molecule has 0 aliphatic carbocycles. The number of fused-ring (bicyclic) bond motifs is 1. The van der Waals surface area contributed by atoms with Gasteiger partial charge in [0.2, 0.25) is 0 Å². The standard InChI is InChI=1S/C21H28N6O/c1-23-13-18(12-22)15-4-5-16-14-24-20(11-17(16)10-15)25-21(28)27(3)19-6-8-26(2)9-7-19/h4-5,10-14,19H,6-9,22H2,1-3H3,(H,24,25,28). The quantitative estimate of drug-likeness (QED) is 0.799. The molecule has 0 unspecified atom stereocenters. The van der Waals surface area contributed by atoms with E-state index in [1.165, 1.54) is 6.20 Å². The third-order valence-electron chi connectivity index (χ3n) is 5.29. The van der Waals surface area contributed by atoms with Gasteiger partial charge in [-0.2, -0.15) is 0 Å². The third-order valence-corrected chi connectivity index (χ3v) is 5.29. The molecule has 1 aliphatic heterocycles. The van der Waals surface area contributed by atoms with Gasteiger partial charge < -0.3 is 15.5 Å². The van der Waals surface area contributed by atoms with Gasteiger partial charge in [0.25, 0.3) is 0 Å². The summed E-state index contributed by atoms with van der Waals surface area (Å²) in [4.78, 5) is 25.2. The number of likely N-dealkylation sites (tertiary alicyclic amines) is 1. The lowest BCUT2D eigenvalue weighted by Gasteiger charge is -2.34. The molecular formula is C21H28N6O. The fourth-order valence-corrected chi connectivity index (χ4v) is 3.49. The monoisotopic (exact) mass is 380 g/mol. The fraction of sp³-hybridized carbons (Fsp3) is 0.381. The lowest BCUT2D eigenvalue weighted by atomic mass is 10.0. The molecule has 2 heterocycles. The van der Waals surface area contributed by atoms with E-state index in [-0.39, 0.29) is 12.1 Å². The Kier molecular flexibility index (Phi) is 6.26. The first-order valence-electron chi connectivity index (χ1n) is 9.48. The number of allylic oxidation sites excluding steroid dienone is 1. The van der Waals surface area contributed by atoms with Crippen molar-refractivity contribution in [1.82, 2.24) is 14.8 Å². The number of benzene rings is 1. The summed E-state index contributed by atoms with van der Waals surface area (Å²) in [6.07, 6.45) is 7.00. The summed E-state index contributed by atoms with van der Waals surface area (Å²) < 4.78 is 0. The summed E-state index contributed by atoms with van der Waals surface area (Å²) >= 11 is 0. The number of aliphatic imine (C=N–C) groups is 1. The van der Waals surface area contributed by atoms with Crippen LogP contribution in [0, 0.1) is 0 Å². The Morgan fingerprint density at radius 3 is 2.75 bits per heavy atom. The van der Waals surface area contributed by atoms with E-state index in [0.717, 1.165) is 47.8 Å². The minimum absolute atomic E-state index is 0.127. The van der Waals surface area contributed by atoms with E-state index < -0.39 is 0 Å². The zero-order valence-corrected chi connectivity index (χ0v) is 16.7. The maximum atomic E-state index is 12.7. The van der Waals surface area contributed by atoms with Crippen LogP contribution in [0.5, 0.6) is 0 Å². The maximum absolute atomic E-state index is 12.7. The van der Waals surface area contributed by atoms with Gasteiger partial charge in [0.1, 0.15) is 5.82 Å². The molecule has 3 rings (SSSR count). The molecule has 0 bridgehead atoms. The van der Waals surface area contributed by atoms with Crippen molar-refractivity contribution >= 4 is 34.4 Å². The van der Waals surface area contributed by atoms with Crippen LogP contribution in [-0.2, 0) is 0 Å². The number of hydrogen-bond acceptors (Lipinski definition) is 5. The van der Waals surface area contributed by atoms with Crippen molar-refractivity contribution in [2.45, 2.75) is 18.9 Å². The number of anilines is 1. The number of nitrogens with two attached hydrogens (primary N) is 1. The van der Waals surface area contributed by atoms with Crippen molar-refractivity contribution in [2.75, 3.05) is 39.5 Å². The topological polar surface area (TPSA) is 86.8 Å². The molecule has 3 N–H and O–H groups in total. The van der Waals surface area contributed by atoms with Gasteiger partial charge in [0.05, 0.1) is 0 Å². The number of urea groups is 1. The Hall–Kier alpha value is -2.93. The molecule has 0 radical (unpaired) electrons. The number of pyridine rings is 1. The third kappa shape index (κ3) is 4.48. The zero-order chi connectivity index (χ0) is 20.1. The van der Waals surface area contributed by atoms with Crippen molar-refractivity contribution in [3.05, 3.63) is 42.2 Å². The number of piperidine rings is 1. The highest BCUT2D eigenvalue weighted by molar-refractivity contribution is 6.10. The van der Waals surface area contributed by atoms with Gasteiger partial charge in [-0.15, -0.1) is 0 Å². The lowest BCUT2D eigenvalue weighted by molar-refractivity contribution is 0.156. The molecule has 0 atom stereocenters. The van der Waals surface area contributed by atoms with Gasteiger partial charge in [-0.25, -0.2) is 9.78 Å². The predicted octanol–water partition coefficient (Wildman–Crippen LogP) is 2.79. The Morgan fingerprint density at radius 1 is 1.32 bits per heavy atom. The van der Waals surface area contributed by atoms with Crippen LogP contribution >= 0.6 is 0 Å². The molecule has 2 amide bonds. The van der Waals surface area contributed by atoms with Crippen molar-refractivity contribution in [1.29, 1.82) is 0 Å². The number of carbonyl (C=O) groups excluding carboxylic acids is 1. The molecule has 7 heteroatoms. The number of nitrogens with zero attached hydrogens (tertiary/aromatic N) is 4. The summed E-state index contributed by atoms with van der Waals surface area (Å²) in [6.45, 7) is 2.02. The SMILES string of the molecule is CN=CC(=CN)c1ccc2cnc(NC(=O)N(C)C3CCN(C)CC3)cc2c1. The summed E-state index contributed by atoms with van der Waals surface area (Å²) in [5.41, 5.74) is 7.52. The normalized spacial score (nSPS) is 16.6. The first-order chi connectivity index (χ1) is 13.5. The number of rotatable bonds is 4. The van der Waals surface area contributed by atoms with Crippen LogP contribution in [0.15, 0.2) is 41.7 Å². The second-order valence-electron chi connectivity index (χ2n) is 7.22. The van der Waals surface area contributed by atoms with Crippen LogP contribution in [0.4, 0.5) is 10.6 Å². The molecule has 7 nitrogen and oxygen atoms in total. The molecule has 0 saturated carbocycles. The second-order valence-corrected chi connectivity index (χ2v) is 7.22. The van der Waals surface area contributed by atoms with Crippen LogP contribution in [0.2, 0.25) is 0 Å². The summed E-state index contributed by atoms with van der Waals surface area (Å²) in [6, 6.07) is 8.01. The van der Waals surface area contributed by atoms with E-state index in [1.807, 2.05) is 31.3 Å². The van der Waals surface area contributed by atoms with Gasteiger partial charge in [0.15, 0.2) is 0 Å². The molecule has 28 heavy (non-hydrogen) atoms. The molecule has 1 fully saturated rings. The number of aromatic nitrogens is 1. The van der Waals surface area contributed by atoms with Crippen LogP contribution in [0.25, 0.3) is 16.3 Å². The summed E-state index contributed by atoms with van der Waals surface area (Å²) in [5, 5.41) is 4.90. The highest BCUT2D eigenvalue weighted by atomic mass is 16.2. The highest BCUT2D eigenvalue weighted by Crippen LogP contribution is 2.22. The molecule has 1 saturated heterocycles. The number of amides is 2. The molecule has 2 aromatic rings. The lowest BCUT2D eigenvalue weighted by Crippen LogP contribution is -2.46.